The summed E-state index contributed by atoms with van der Waals surface area (Å²) in [5.74, 6) is -1.55. The zero-order valence-corrected chi connectivity index (χ0v) is 18.4. The molecule has 0 saturated heterocycles. The number of ether oxygens (including phenoxy) is 1. The Morgan fingerprint density at radius 3 is 2.62 bits per heavy atom. The number of rotatable bonds is 5. The highest BCUT2D eigenvalue weighted by molar-refractivity contribution is 14.1. The molecule has 9 heteroatoms. The SMILES string of the molecule is C=C(I)c1cc(-n2c(C)cc(OCc3ncc(F)cc3F)c(Cl)c2=O)c(C)cn1. The van der Waals surface area contributed by atoms with Crippen molar-refractivity contribution in [2.24, 2.45) is 0 Å². The molecule has 0 N–H and O–H groups in total. The molecule has 150 valence electrons. The normalized spacial score (nSPS) is 10.8. The van der Waals surface area contributed by atoms with Crippen LogP contribution in [0.3, 0.4) is 0 Å². The molecule has 3 aromatic rings. The van der Waals surface area contributed by atoms with E-state index in [4.69, 9.17) is 16.3 Å². The molecule has 29 heavy (non-hydrogen) atoms. The van der Waals surface area contributed by atoms with Crippen molar-refractivity contribution >= 4 is 37.8 Å². The maximum Gasteiger partial charge on any atom is 0.277 e. The second kappa shape index (κ2) is 8.58. The van der Waals surface area contributed by atoms with E-state index in [1.54, 1.807) is 25.3 Å². The Balaban J connectivity index is 2.00. The maximum atomic E-state index is 13.8. The third-order valence-electron chi connectivity index (χ3n) is 4.14. The van der Waals surface area contributed by atoms with E-state index in [2.05, 4.69) is 39.1 Å². The van der Waals surface area contributed by atoms with Gasteiger partial charge in [-0.3, -0.25) is 19.3 Å². The van der Waals surface area contributed by atoms with Gasteiger partial charge < -0.3 is 4.74 Å². The lowest BCUT2D eigenvalue weighted by Gasteiger charge is -2.16. The van der Waals surface area contributed by atoms with Crippen LogP contribution in [-0.4, -0.2) is 14.5 Å². The highest BCUT2D eigenvalue weighted by atomic mass is 127. The largest absolute Gasteiger partial charge is 0.485 e. The van der Waals surface area contributed by atoms with Gasteiger partial charge in [-0.15, -0.1) is 0 Å². The monoisotopic (exact) mass is 529 g/mol. The summed E-state index contributed by atoms with van der Waals surface area (Å²) in [7, 11) is 0. The third-order valence-corrected chi connectivity index (χ3v) is 5.04. The molecule has 0 aromatic carbocycles. The number of halogens is 4. The van der Waals surface area contributed by atoms with Crippen LogP contribution in [0.25, 0.3) is 9.27 Å². The first-order chi connectivity index (χ1) is 13.7. The molecule has 0 aliphatic heterocycles. The Morgan fingerprint density at radius 1 is 1.24 bits per heavy atom. The lowest BCUT2D eigenvalue weighted by molar-refractivity contribution is 0.292. The molecule has 3 aromatic heterocycles. The molecule has 0 amide bonds. The van der Waals surface area contributed by atoms with Gasteiger partial charge >= 0.3 is 0 Å². The first-order valence-corrected chi connectivity index (χ1v) is 9.81. The lowest BCUT2D eigenvalue weighted by atomic mass is 10.2. The first-order valence-electron chi connectivity index (χ1n) is 8.35. The van der Waals surface area contributed by atoms with Gasteiger partial charge in [0.2, 0.25) is 0 Å². The van der Waals surface area contributed by atoms with Gasteiger partial charge in [0, 0.05) is 27.6 Å². The predicted molar refractivity (Wildman–Crippen MR) is 116 cm³/mol. The van der Waals surface area contributed by atoms with Gasteiger partial charge in [0.25, 0.3) is 5.56 Å². The van der Waals surface area contributed by atoms with Crippen molar-refractivity contribution in [1.82, 2.24) is 14.5 Å². The number of hydrogen-bond acceptors (Lipinski definition) is 4. The second-order valence-electron chi connectivity index (χ2n) is 6.24. The van der Waals surface area contributed by atoms with Crippen LogP contribution in [0.4, 0.5) is 8.78 Å². The Kier molecular flexibility index (Phi) is 6.33. The van der Waals surface area contributed by atoms with Crippen molar-refractivity contribution in [3.05, 3.63) is 86.8 Å². The summed E-state index contributed by atoms with van der Waals surface area (Å²) < 4.78 is 34.4. The van der Waals surface area contributed by atoms with Gasteiger partial charge in [-0.1, -0.05) is 18.2 Å². The molecule has 3 rings (SSSR count). The highest BCUT2D eigenvalue weighted by Crippen LogP contribution is 2.27. The lowest BCUT2D eigenvalue weighted by Crippen LogP contribution is -2.23. The van der Waals surface area contributed by atoms with Crippen molar-refractivity contribution in [2.45, 2.75) is 20.5 Å². The summed E-state index contributed by atoms with van der Waals surface area (Å²) in [4.78, 5) is 20.9. The maximum absolute atomic E-state index is 13.8. The standard InChI is InChI=1S/C20H15ClF2IN3O2/c1-10-7-25-15(12(3)24)6-17(10)27-11(2)4-18(19(21)20(27)28)29-9-16-14(23)5-13(22)8-26-16/h4-8H,3,9H2,1-2H3. The Hall–Kier alpha value is -2.33. The van der Waals surface area contributed by atoms with Gasteiger partial charge in [0.15, 0.2) is 5.82 Å². The Bertz CT molecular complexity index is 1180. The molecule has 5 nitrogen and oxygen atoms in total. The van der Waals surface area contributed by atoms with Gasteiger partial charge in [-0.2, -0.15) is 0 Å². The van der Waals surface area contributed by atoms with Crippen molar-refractivity contribution in [3.8, 4) is 11.4 Å². The fraction of sp³-hybridized carbons (Fsp3) is 0.150. The summed E-state index contributed by atoms with van der Waals surface area (Å²) >= 11 is 8.30. The van der Waals surface area contributed by atoms with E-state index in [1.165, 1.54) is 4.57 Å². The van der Waals surface area contributed by atoms with Crippen LogP contribution in [0.15, 0.2) is 42.0 Å². The van der Waals surface area contributed by atoms with E-state index >= 15 is 0 Å². The number of nitrogens with zero attached hydrogens (tertiary/aromatic N) is 3. The van der Waals surface area contributed by atoms with E-state index in [9.17, 15) is 13.6 Å². The third kappa shape index (κ3) is 4.48. The second-order valence-corrected chi connectivity index (χ2v) is 7.92. The van der Waals surface area contributed by atoms with Gasteiger partial charge in [-0.25, -0.2) is 8.78 Å². The van der Waals surface area contributed by atoms with Crippen LogP contribution in [0, 0.1) is 25.5 Å². The molecule has 0 aliphatic carbocycles. The van der Waals surface area contributed by atoms with Crippen LogP contribution in [0.2, 0.25) is 5.02 Å². The minimum Gasteiger partial charge on any atom is -0.485 e. The summed E-state index contributed by atoms with van der Waals surface area (Å²) in [5, 5.41) is -0.163. The van der Waals surface area contributed by atoms with Crippen molar-refractivity contribution < 1.29 is 13.5 Å². The Labute approximate surface area is 184 Å². The number of pyridine rings is 3. The van der Waals surface area contributed by atoms with Crippen LogP contribution in [0.5, 0.6) is 5.75 Å². The van der Waals surface area contributed by atoms with Gasteiger partial charge in [0.1, 0.15) is 28.9 Å². The first kappa shape index (κ1) is 21.4. The summed E-state index contributed by atoms with van der Waals surface area (Å²) in [6.45, 7) is 7.11. The fourth-order valence-electron chi connectivity index (χ4n) is 2.68. The smallest absolute Gasteiger partial charge is 0.277 e. The van der Waals surface area contributed by atoms with Crippen LogP contribution >= 0.6 is 34.2 Å². The summed E-state index contributed by atoms with van der Waals surface area (Å²) in [5.41, 5.74) is 2.01. The predicted octanol–water partition coefficient (Wildman–Crippen LogP) is 5.16. The molecular weight excluding hydrogens is 515 g/mol. The van der Waals surface area contributed by atoms with Gasteiger partial charge in [-0.05, 0) is 48.1 Å². The van der Waals surface area contributed by atoms with Crippen molar-refractivity contribution in [2.75, 3.05) is 0 Å². The minimum atomic E-state index is -0.842. The number of hydrogen-bond donors (Lipinski definition) is 0. The molecule has 0 saturated carbocycles. The highest BCUT2D eigenvalue weighted by Gasteiger charge is 2.17. The quantitative estimate of drug-likeness (QED) is 0.429. The van der Waals surface area contributed by atoms with Crippen molar-refractivity contribution in [3.63, 3.8) is 0 Å². The van der Waals surface area contributed by atoms with E-state index in [-0.39, 0.29) is 23.1 Å². The van der Waals surface area contributed by atoms with Crippen LogP contribution < -0.4 is 10.3 Å². The summed E-state index contributed by atoms with van der Waals surface area (Å²) in [6.07, 6.45) is 2.54. The molecule has 0 bridgehead atoms. The molecule has 0 atom stereocenters. The van der Waals surface area contributed by atoms with E-state index in [0.29, 0.717) is 23.1 Å². The average Bonchev–Trinajstić information content (AvgIpc) is 2.66. The molecule has 0 radical (unpaired) electrons. The van der Waals surface area contributed by atoms with Crippen LogP contribution in [0.1, 0.15) is 22.6 Å². The fourth-order valence-corrected chi connectivity index (χ4v) is 3.17. The van der Waals surface area contributed by atoms with Crippen LogP contribution in [-0.2, 0) is 6.61 Å². The molecule has 0 unspecified atom stereocenters. The molecule has 0 fully saturated rings. The summed E-state index contributed by atoms with van der Waals surface area (Å²) in [6, 6.07) is 4.04. The average molecular weight is 530 g/mol. The Morgan fingerprint density at radius 2 is 1.97 bits per heavy atom. The van der Waals surface area contributed by atoms with E-state index in [1.807, 2.05) is 6.92 Å². The molecular formula is C20H15ClF2IN3O2. The minimum absolute atomic E-state index is 0.0844. The molecule has 0 spiro atoms. The van der Waals surface area contributed by atoms with E-state index in [0.717, 1.165) is 15.3 Å². The van der Waals surface area contributed by atoms with E-state index < -0.39 is 17.2 Å². The zero-order chi connectivity index (χ0) is 21.3. The number of aryl methyl sites for hydroxylation is 2. The molecule has 3 heterocycles. The number of aromatic nitrogens is 3. The zero-order valence-electron chi connectivity index (χ0n) is 15.5. The van der Waals surface area contributed by atoms with Gasteiger partial charge in [0.05, 0.1) is 17.6 Å². The van der Waals surface area contributed by atoms with Crippen molar-refractivity contribution in [1.29, 1.82) is 0 Å². The molecule has 0 aliphatic rings. The topological polar surface area (TPSA) is 57.0 Å².